The van der Waals surface area contributed by atoms with Gasteiger partial charge in [-0.1, -0.05) is 13.8 Å². The molecule has 0 amide bonds. The van der Waals surface area contributed by atoms with E-state index in [0.29, 0.717) is 11.5 Å². The Morgan fingerprint density at radius 1 is 1.53 bits per heavy atom. The average Bonchev–Trinajstić information content (AvgIpc) is 3.06. The summed E-state index contributed by atoms with van der Waals surface area (Å²) in [5.41, 5.74) is 1.87. The molecule has 1 N–H and O–H groups in total. The van der Waals surface area contributed by atoms with Gasteiger partial charge < -0.3 is 9.88 Å². The maximum Gasteiger partial charge on any atom is 0.0951 e. The molecular formula is C12H19N3. The van der Waals surface area contributed by atoms with Crippen LogP contribution in [0.2, 0.25) is 0 Å². The summed E-state index contributed by atoms with van der Waals surface area (Å²) >= 11 is 0. The van der Waals surface area contributed by atoms with E-state index in [1.165, 1.54) is 25.0 Å². The van der Waals surface area contributed by atoms with Gasteiger partial charge in [-0.3, -0.25) is 0 Å². The smallest absolute Gasteiger partial charge is 0.0951 e. The molecule has 0 spiro atoms. The second-order valence-electron chi connectivity index (χ2n) is 5.65. The molecule has 0 aliphatic heterocycles. The lowest BCUT2D eigenvalue weighted by molar-refractivity contribution is 0.528. The number of imidazole rings is 1. The van der Waals surface area contributed by atoms with Crippen LogP contribution in [-0.2, 0) is 6.54 Å². The fourth-order valence-electron chi connectivity index (χ4n) is 2.19. The third-order valence-electron chi connectivity index (χ3n) is 3.73. The van der Waals surface area contributed by atoms with E-state index in [1.807, 2.05) is 12.5 Å². The number of hydrogen-bond donors (Lipinski definition) is 1. The topological polar surface area (TPSA) is 29.9 Å². The van der Waals surface area contributed by atoms with Crippen LogP contribution in [0.3, 0.4) is 0 Å². The van der Waals surface area contributed by atoms with Crippen LogP contribution in [0, 0.1) is 5.41 Å². The van der Waals surface area contributed by atoms with E-state index >= 15 is 0 Å². The van der Waals surface area contributed by atoms with Crippen LogP contribution >= 0.6 is 0 Å². The highest BCUT2D eigenvalue weighted by Gasteiger charge is 2.45. The van der Waals surface area contributed by atoms with Crippen LogP contribution in [0.15, 0.2) is 12.5 Å². The molecule has 3 nitrogen and oxygen atoms in total. The Kier molecular flexibility index (Phi) is 1.93. The van der Waals surface area contributed by atoms with Gasteiger partial charge in [-0.25, -0.2) is 4.98 Å². The van der Waals surface area contributed by atoms with Crippen molar-refractivity contribution in [2.45, 2.75) is 51.7 Å². The number of nitrogens with zero attached hydrogens (tertiary/aromatic N) is 2. The van der Waals surface area contributed by atoms with Crippen molar-refractivity contribution in [1.29, 1.82) is 0 Å². The number of hydrogen-bond acceptors (Lipinski definition) is 2. The summed E-state index contributed by atoms with van der Waals surface area (Å²) < 4.78 is 2.34. The van der Waals surface area contributed by atoms with Gasteiger partial charge in [-0.05, 0) is 24.7 Å². The summed E-state index contributed by atoms with van der Waals surface area (Å²) in [5.74, 6) is 0. The Bertz CT molecular complexity index is 363. The van der Waals surface area contributed by atoms with Gasteiger partial charge in [0.25, 0.3) is 0 Å². The van der Waals surface area contributed by atoms with Crippen LogP contribution in [0.4, 0.5) is 0 Å². The lowest BCUT2D eigenvalue weighted by Crippen LogP contribution is -2.21. The Morgan fingerprint density at radius 2 is 2.27 bits per heavy atom. The zero-order chi connectivity index (χ0) is 10.5. The molecule has 1 heterocycles. The molecule has 2 aliphatic rings. The highest BCUT2D eigenvalue weighted by atomic mass is 15.1. The van der Waals surface area contributed by atoms with Crippen molar-refractivity contribution in [2.75, 3.05) is 0 Å². The highest BCUT2D eigenvalue weighted by Crippen LogP contribution is 2.44. The predicted octanol–water partition coefficient (Wildman–Crippen LogP) is 2.11. The van der Waals surface area contributed by atoms with E-state index in [9.17, 15) is 0 Å². The summed E-state index contributed by atoms with van der Waals surface area (Å²) in [5, 5.41) is 3.61. The SMILES string of the molecule is CC1(C)CC1NCc1cncn1C1CC1. The summed E-state index contributed by atoms with van der Waals surface area (Å²) in [6.45, 7) is 5.62. The first-order chi connectivity index (χ1) is 7.17. The molecule has 0 radical (unpaired) electrons. The lowest BCUT2D eigenvalue weighted by Gasteiger charge is -2.09. The molecule has 1 aromatic rings. The van der Waals surface area contributed by atoms with Crippen LogP contribution in [0.25, 0.3) is 0 Å². The fraction of sp³-hybridized carbons (Fsp3) is 0.750. The zero-order valence-corrected chi connectivity index (χ0v) is 9.53. The fourth-order valence-corrected chi connectivity index (χ4v) is 2.19. The maximum absolute atomic E-state index is 4.24. The number of nitrogens with one attached hydrogen (secondary N) is 1. The first kappa shape index (κ1) is 9.40. The van der Waals surface area contributed by atoms with Gasteiger partial charge in [0.05, 0.1) is 12.0 Å². The molecule has 0 bridgehead atoms. The third kappa shape index (κ3) is 1.81. The monoisotopic (exact) mass is 205 g/mol. The third-order valence-corrected chi connectivity index (χ3v) is 3.73. The molecular weight excluding hydrogens is 186 g/mol. The van der Waals surface area contributed by atoms with Crippen molar-refractivity contribution in [1.82, 2.24) is 14.9 Å². The van der Waals surface area contributed by atoms with Crippen molar-refractivity contribution in [3.8, 4) is 0 Å². The van der Waals surface area contributed by atoms with E-state index < -0.39 is 0 Å². The minimum Gasteiger partial charge on any atom is -0.330 e. The minimum atomic E-state index is 0.518. The maximum atomic E-state index is 4.24. The molecule has 1 unspecified atom stereocenters. The van der Waals surface area contributed by atoms with Crippen molar-refractivity contribution in [2.24, 2.45) is 5.41 Å². The van der Waals surface area contributed by atoms with Gasteiger partial charge in [0, 0.05) is 24.8 Å². The molecule has 3 rings (SSSR count). The summed E-state index contributed by atoms with van der Waals surface area (Å²) in [7, 11) is 0. The number of aromatic nitrogens is 2. The molecule has 2 fully saturated rings. The standard InChI is InChI=1S/C12H19N3/c1-12(2)5-11(12)14-7-10-6-13-8-15(10)9-3-4-9/h6,8-9,11,14H,3-5,7H2,1-2H3. The van der Waals surface area contributed by atoms with Crippen molar-refractivity contribution in [3.05, 3.63) is 18.2 Å². The second kappa shape index (κ2) is 3.08. The normalized spacial score (nSPS) is 28.0. The molecule has 1 aromatic heterocycles. The van der Waals surface area contributed by atoms with Gasteiger partial charge in [0.1, 0.15) is 0 Å². The lowest BCUT2D eigenvalue weighted by atomic mass is 10.2. The van der Waals surface area contributed by atoms with E-state index in [2.05, 4.69) is 28.7 Å². The molecule has 0 aromatic carbocycles. The Balaban J connectivity index is 1.60. The molecule has 15 heavy (non-hydrogen) atoms. The molecule has 2 saturated carbocycles. The van der Waals surface area contributed by atoms with Crippen molar-refractivity contribution < 1.29 is 0 Å². The highest BCUT2D eigenvalue weighted by molar-refractivity contribution is 5.07. The molecule has 3 heteroatoms. The first-order valence-corrected chi connectivity index (χ1v) is 5.91. The van der Waals surface area contributed by atoms with Gasteiger partial charge in [0.2, 0.25) is 0 Å². The van der Waals surface area contributed by atoms with Gasteiger partial charge >= 0.3 is 0 Å². The second-order valence-corrected chi connectivity index (χ2v) is 5.65. The van der Waals surface area contributed by atoms with Crippen LogP contribution in [-0.4, -0.2) is 15.6 Å². The summed E-state index contributed by atoms with van der Waals surface area (Å²) in [4.78, 5) is 4.24. The van der Waals surface area contributed by atoms with E-state index in [0.717, 1.165) is 12.6 Å². The average molecular weight is 205 g/mol. The van der Waals surface area contributed by atoms with Crippen LogP contribution in [0.5, 0.6) is 0 Å². The van der Waals surface area contributed by atoms with E-state index in [1.54, 1.807) is 0 Å². The quantitative estimate of drug-likeness (QED) is 0.816. The van der Waals surface area contributed by atoms with Gasteiger partial charge in [-0.15, -0.1) is 0 Å². The summed E-state index contributed by atoms with van der Waals surface area (Å²) in [6, 6.07) is 1.46. The molecule has 0 saturated heterocycles. The van der Waals surface area contributed by atoms with Crippen molar-refractivity contribution >= 4 is 0 Å². The van der Waals surface area contributed by atoms with Crippen LogP contribution in [0.1, 0.15) is 44.8 Å². The Hall–Kier alpha value is -0.830. The molecule has 2 aliphatic carbocycles. The van der Waals surface area contributed by atoms with Gasteiger partial charge in [-0.2, -0.15) is 0 Å². The Morgan fingerprint density at radius 3 is 2.87 bits per heavy atom. The predicted molar refractivity (Wildman–Crippen MR) is 59.5 cm³/mol. The van der Waals surface area contributed by atoms with E-state index in [4.69, 9.17) is 0 Å². The van der Waals surface area contributed by atoms with E-state index in [-0.39, 0.29) is 0 Å². The van der Waals surface area contributed by atoms with Gasteiger partial charge in [0.15, 0.2) is 0 Å². The summed E-state index contributed by atoms with van der Waals surface area (Å²) in [6.07, 6.45) is 7.95. The van der Waals surface area contributed by atoms with Crippen molar-refractivity contribution in [3.63, 3.8) is 0 Å². The Labute approximate surface area is 90.9 Å². The zero-order valence-electron chi connectivity index (χ0n) is 9.53. The minimum absolute atomic E-state index is 0.518. The molecule has 1 atom stereocenters. The van der Waals surface area contributed by atoms with Crippen LogP contribution < -0.4 is 5.32 Å². The number of rotatable bonds is 4. The molecule has 82 valence electrons. The largest absolute Gasteiger partial charge is 0.330 e. The first-order valence-electron chi connectivity index (χ1n) is 5.91.